The summed E-state index contributed by atoms with van der Waals surface area (Å²) in [6.07, 6.45) is -1.60. The van der Waals surface area contributed by atoms with Crippen LogP contribution in [0.1, 0.15) is 34.1 Å². The number of rotatable bonds is 4. The summed E-state index contributed by atoms with van der Waals surface area (Å²) >= 11 is 0. The van der Waals surface area contributed by atoms with E-state index in [9.17, 15) is 9.59 Å². The highest BCUT2D eigenvalue weighted by atomic mass is 16.7. The van der Waals surface area contributed by atoms with Crippen molar-refractivity contribution in [3.63, 3.8) is 0 Å². The molecule has 1 heterocycles. The molecule has 0 N–H and O–H groups in total. The summed E-state index contributed by atoms with van der Waals surface area (Å²) in [6.45, 7) is 6.75. The molecule has 0 aliphatic carbocycles. The molecule has 1 rings (SSSR count). The Balaban J connectivity index is 2.73. The molecule has 104 valence electrons. The number of esters is 2. The molecular weight excluding hydrogens is 240 g/mol. The maximum Gasteiger partial charge on any atom is 0.303 e. The molecule has 1 saturated heterocycles. The second-order valence-electron chi connectivity index (χ2n) is 4.18. The Hall–Kier alpha value is -1.14. The highest BCUT2D eigenvalue weighted by Crippen LogP contribution is 2.26. The van der Waals surface area contributed by atoms with Crippen LogP contribution in [0.15, 0.2) is 0 Å². The Morgan fingerprint density at radius 2 is 1.83 bits per heavy atom. The van der Waals surface area contributed by atoms with Crippen LogP contribution in [-0.2, 0) is 28.5 Å². The average Bonchev–Trinajstić information content (AvgIpc) is 2.22. The van der Waals surface area contributed by atoms with E-state index in [1.54, 1.807) is 6.92 Å². The third kappa shape index (κ3) is 4.27. The van der Waals surface area contributed by atoms with E-state index < -0.39 is 30.4 Å². The molecule has 1 aliphatic heterocycles. The first-order valence-corrected chi connectivity index (χ1v) is 6.05. The van der Waals surface area contributed by atoms with E-state index in [1.165, 1.54) is 13.8 Å². The quantitative estimate of drug-likeness (QED) is 0.703. The van der Waals surface area contributed by atoms with Gasteiger partial charge in [-0.1, -0.05) is 0 Å². The van der Waals surface area contributed by atoms with Gasteiger partial charge in [0.05, 0.1) is 6.10 Å². The molecule has 0 aromatic heterocycles. The van der Waals surface area contributed by atoms with E-state index >= 15 is 0 Å². The largest absolute Gasteiger partial charge is 0.458 e. The van der Waals surface area contributed by atoms with Crippen molar-refractivity contribution in [1.82, 2.24) is 0 Å². The van der Waals surface area contributed by atoms with Gasteiger partial charge in [0, 0.05) is 26.9 Å². The van der Waals surface area contributed by atoms with E-state index in [0.29, 0.717) is 13.0 Å². The fourth-order valence-corrected chi connectivity index (χ4v) is 1.98. The first-order chi connectivity index (χ1) is 8.43. The Morgan fingerprint density at radius 3 is 2.33 bits per heavy atom. The third-order valence-corrected chi connectivity index (χ3v) is 2.59. The minimum absolute atomic E-state index is 0.357. The smallest absolute Gasteiger partial charge is 0.303 e. The van der Waals surface area contributed by atoms with Crippen molar-refractivity contribution in [2.24, 2.45) is 0 Å². The van der Waals surface area contributed by atoms with E-state index in [0.717, 1.165) is 0 Å². The molecule has 1 aliphatic rings. The maximum absolute atomic E-state index is 11.1. The summed E-state index contributed by atoms with van der Waals surface area (Å²) in [6, 6.07) is 0. The Labute approximate surface area is 107 Å². The van der Waals surface area contributed by atoms with E-state index in [2.05, 4.69) is 0 Å². The summed E-state index contributed by atoms with van der Waals surface area (Å²) in [4.78, 5) is 22.1. The highest BCUT2D eigenvalue weighted by Gasteiger charge is 2.41. The summed E-state index contributed by atoms with van der Waals surface area (Å²) in [5, 5.41) is 0. The van der Waals surface area contributed by atoms with E-state index in [1.807, 2.05) is 6.92 Å². The number of hydrogen-bond acceptors (Lipinski definition) is 6. The number of ether oxygens (including phenoxy) is 4. The van der Waals surface area contributed by atoms with Crippen LogP contribution in [0.25, 0.3) is 0 Å². The molecule has 0 radical (unpaired) electrons. The first-order valence-electron chi connectivity index (χ1n) is 6.05. The molecule has 6 heteroatoms. The Morgan fingerprint density at radius 1 is 1.22 bits per heavy atom. The van der Waals surface area contributed by atoms with Gasteiger partial charge >= 0.3 is 11.9 Å². The van der Waals surface area contributed by atoms with Gasteiger partial charge in [-0.3, -0.25) is 9.59 Å². The molecule has 18 heavy (non-hydrogen) atoms. The molecule has 0 spiro atoms. The number of carbonyl (C=O) groups is 2. The van der Waals surface area contributed by atoms with Crippen LogP contribution in [0.5, 0.6) is 0 Å². The van der Waals surface area contributed by atoms with Crippen molar-refractivity contribution in [3.05, 3.63) is 0 Å². The summed E-state index contributed by atoms with van der Waals surface area (Å²) in [5.74, 6) is -0.844. The van der Waals surface area contributed by atoms with Crippen LogP contribution in [-0.4, -0.2) is 43.1 Å². The SMILES string of the molecule is CCO[C@@H]1C[C@@H](OC(C)=O)[C@H](OC(C)=O)[C@@H](C)O1. The lowest BCUT2D eigenvalue weighted by atomic mass is 10.0. The fourth-order valence-electron chi connectivity index (χ4n) is 1.98. The van der Waals surface area contributed by atoms with Gasteiger partial charge in [0.25, 0.3) is 0 Å². The predicted molar refractivity (Wildman–Crippen MR) is 61.7 cm³/mol. The molecule has 4 atom stereocenters. The minimum Gasteiger partial charge on any atom is -0.458 e. The molecule has 0 aromatic carbocycles. The van der Waals surface area contributed by atoms with Gasteiger partial charge in [0.2, 0.25) is 0 Å². The van der Waals surface area contributed by atoms with Crippen LogP contribution in [0.3, 0.4) is 0 Å². The van der Waals surface area contributed by atoms with E-state index in [4.69, 9.17) is 18.9 Å². The van der Waals surface area contributed by atoms with Crippen LogP contribution >= 0.6 is 0 Å². The lowest BCUT2D eigenvalue weighted by Crippen LogP contribution is -2.51. The molecule has 6 nitrogen and oxygen atoms in total. The molecular formula is C12H20O6. The van der Waals surface area contributed by atoms with Crippen LogP contribution in [0, 0.1) is 0 Å². The van der Waals surface area contributed by atoms with Gasteiger partial charge in [0.15, 0.2) is 12.4 Å². The standard InChI is InChI=1S/C12H20O6/c1-5-15-11-6-10(17-8(3)13)12(7(2)16-11)18-9(4)14/h7,10-12H,5-6H2,1-4H3/t7-,10-,11+,12-/m1/s1. The first kappa shape index (κ1) is 14.9. The van der Waals surface area contributed by atoms with Crippen molar-refractivity contribution < 1.29 is 28.5 Å². The Kier molecular flexibility index (Phi) is 5.55. The molecule has 0 unspecified atom stereocenters. The zero-order valence-corrected chi connectivity index (χ0v) is 11.2. The summed E-state index contributed by atoms with van der Waals surface area (Å²) in [7, 11) is 0. The lowest BCUT2D eigenvalue weighted by Gasteiger charge is -2.38. The van der Waals surface area contributed by atoms with Crippen LogP contribution in [0.4, 0.5) is 0 Å². The molecule has 1 fully saturated rings. The van der Waals surface area contributed by atoms with Gasteiger partial charge in [-0.15, -0.1) is 0 Å². The minimum atomic E-state index is -0.594. The second kappa shape index (κ2) is 6.70. The molecule has 0 amide bonds. The average molecular weight is 260 g/mol. The zero-order chi connectivity index (χ0) is 13.7. The normalized spacial score (nSPS) is 31.8. The molecule has 0 bridgehead atoms. The predicted octanol–water partition coefficient (Wildman–Crippen LogP) is 1.02. The van der Waals surface area contributed by atoms with Crippen molar-refractivity contribution in [2.45, 2.75) is 58.7 Å². The summed E-state index contributed by atoms with van der Waals surface area (Å²) < 4.78 is 21.2. The highest BCUT2D eigenvalue weighted by molar-refractivity contribution is 5.67. The summed E-state index contributed by atoms with van der Waals surface area (Å²) in [5.41, 5.74) is 0. The monoisotopic (exact) mass is 260 g/mol. The van der Waals surface area contributed by atoms with Crippen molar-refractivity contribution >= 4 is 11.9 Å². The van der Waals surface area contributed by atoms with Gasteiger partial charge < -0.3 is 18.9 Å². The fraction of sp³-hybridized carbons (Fsp3) is 0.833. The van der Waals surface area contributed by atoms with Gasteiger partial charge in [0.1, 0.15) is 6.10 Å². The third-order valence-electron chi connectivity index (χ3n) is 2.59. The van der Waals surface area contributed by atoms with Crippen molar-refractivity contribution in [2.75, 3.05) is 6.61 Å². The van der Waals surface area contributed by atoms with Gasteiger partial charge in [-0.25, -0.2) is 0 Å². The van der Waals surface area contributed by atoms with E-state index in [-0.39, 0.29) is 6.10 Å². The maximum atomic E-state index is 11.1. The van der Waals surface area contributed by atoms with Gasteiger partial charge in [-0.05, 0) is 13.8 Å². The second-order valence-corrected chi connectivity index (χ2v) is 4.18. The lowest BCUT2D eigenvalue weighted by molar-refractivity contribution is -0.254. The van der Waals surface area contributed by atoms with Crippen molar-refractivity contribution in [1.29, 1.82) is 0 Å². The van der Waals surface area contributed by atoms with Crippen LogP contribution in [0.2, 0.25) is 0 Å². The Bertz CT molecular complexity index is 303. The zero-order valence-electron chi connectivity index (χ0n) is 11.2. The van der Waals surface area contributed by atoms with Crippen molar-refractivity contribution in [3.8, 4) is 0 Å². The topological polar surface area (TPSA) is 71.1 Å². The molecule has 0 aromatic rings. The number of hydrogen-bond donors (Lipinski definition) is 0. The molecule has 0 saturated carbocycles. The van der Waals surface area contributed by atoms with Gasteiger partial charge in [-0.2, -0.15) is 0 Å². The van der Waals surface area contributed by atoms with Crippen LogP contribution < -0.4 is 0 Å². The number of carbonyl (C=O) groups excluding carboxylic acids is 2.